The van der Waals surface area contributed by atoms with Crippen LogP contribution < -0.4 is 4.80 Å². The van der Waals surface area contributed by atoms with Gasteiger partial charge in [0.2, 0.25) is 10.0 Å². The minimum Gasteiger partial charge on any atom is -0.317 e. The largest absolute Gasteiger partial charge is 0.317 e. The molecule has 0 atom stereocenters. The van der Waals surface area contributed by atoms with Gasteiger partial charge in [-0.3, -0.25) is 4.79 Å². The second kappa shape index (κ2) is 9.52. The summed E-state index contributed by atoms with van der Waals surface area (Å²) in [5.41, 5.74) is 3.80. The number of nitrogens with zero attached hydrogens (tertiary/aromatic N) is 3. The van der Waals surface area contributed by atoms with E-state index < -0.39 is 10.0 Å². The van der Waals surface area contributed by atoms with Crippen molar-refractivity contribution in [1.29, 1.82) is 0 Å². The van der Waals surface area contributed by atoms with E-state index in [0.29, 0.717) is 16.9 Å². The number of hydrogen-bond donors (Lipinski definition) is 0. The molecular weight excluding hydrogens is 454 g/mol. The number of benzene rings is 2. The summed E-state index contributed by atoms with van der Waals surface area (Å²) in [6.45, 7) is 6.88. The maximum Gasteiger partial charge on any atom is 0.279 e. The zero-order valence-electron chi connectivity index (χ0n) is 19.7. The van der Waals surface area contributed by atoms with Gasteiger partial charge in [0.05, 0.1) is 15.1 Å². The third kappa shape index (κ3) is 4.69. The molecule has 0 N–H and O–H groups in total. The normalized spacial score (nSPS) is 16.1. The summed E-state index contributed by atoms with van der Waals surface area (Å²) >= 11 is 1.51. The molecule has 2 aromatic carbocycles. The number of thiazole rings is 1. The number of carbonyl (C=O) groups excluding carboxylic acids is 1. The predicted molar refractivity (Wildman–Crippen MR) is 133 cm³/mol. The van der Waals surface area contributed by atoms with Crippen molar-refractivity contribution in [1.82, 2.24) is 8.87 Å². The lowest BCUT2D eigenvalue weighted by Gasteiger charge is -2.30. The molecule has 3 aromatic rings. The highest BCUT2D eigenvalue weighted by atomic mass is 32.2. The first-order chi connectivity index (χ1) is 15.7. The third-order valence-electron chi connectivity index (χ3n) is 6.49. The first-order valence-corrected chi connectivity index (χ1v) is 13.8. The van der Waals surface area contributed by atoms with Crippen LogP contribution in [0.25, 0.3) is 10.2 Å². The Balaban J connectivity index is 1.63. The van der Waals surface area contributed by atoms with Gasteiger partial charge in [0.1, 0.15) is 0 Å². The lowest BCUT2D eigenvalue weighted by Crippen LogP contribution is -2.38. The zero-order chi connectivity index (χ0) is 23.8. The molecule has 6 nitrogen and oxygen atoms in total. The summed E-state index contributed by atoms with van der Waals surface area (Å²) in [7, 11) is -1.93. The fourth-order valence-electron chi connectivity index (χ4n) is 4.63. The highest BCUT2D eigenvalue weighted by Gasteiger charge is 2.29. The smallest absolute Gasteiger partial charge is 0.279 e. The molecule has 4 rings (SSSR count). The highest BCUT2D eigenvalue weighted by Crippen LogP contribution is 2.27. The molecule has 33 heavy (non-hydrogen) atoms. The second-order valence-electron chi connectivity index (χ2n) is 8.81. The van der Waals surface area contributed by atoms with E-state index >= 15 is 0 Å². The van der Waals surface area contributed by atoms with E-state index in [2.05, 4.69) is 35.5 Å². The van der Waals surface area contributed by atoms with Gasteiger partial charge in [-0.15, -0.1) is 0 Å². The Hall–Kier alpha value is -2.29. The molecule has 0 radical (unpaired) electrons. The van der Waals surface area contributed by atoms with Crippen LogP contribution in [0.3, 0.4) is 0 Å². The molecule has 1 amide bonds. The van der Waals surface area contributed by atoms with Crippen LogP contribution in [-0.4, -0.2) is 36.3 Å². The molecule has 176 valence electrons. The van der Waals surface area contributed by atoms with Crippen molar-refractivity contribution in [2.45, 2.75) is 70.4 Å². The Morgan fingerprint density at radius 2 is 1.79 bits per heavy atom. The Kier molecular flexibility index (Phi) is 6.88. The first kappa shape index (κ1) is 23.9. The second-order valence-corrected chi connectivity index (χ2v) is 11.8. The number of amides is 1. The van der Waals surface area contributed by atoms with Crippen LogP contribution in [0.4, 0.5) is 0 Å². The average molecular weight is 486 g/mol. The molecule has 0 spiro atoms. The standard InChI is InChI=1S/C25H31N3O3S2/c1-5-28-22-16-17(2)15-18(3)23(22)32-25(28)26-24(29)19-11-13-21(14-12-19)33(30,31)27(4)20-9-7-6-8-10-20/h11-16,20H,5-10H2,1-4H3. The lowest BCUT2D eigenvalue weighted by molar-refractivity contribution is 0.0997. The van der Waals surface area contributed by atoms with Crippen molar-refractivity contribution in [3.63, 3.8) is 0 Å². The fraction of sp³-hybridized carbons (Fsp3) is 0.440. The number of fused-ring (bicyclic) bond motifs is 1. The van der Waals surface area contributed by atoms with Gasteiger partial charge in [-0.05, 0) is 75.1 Å². The first-order valence-electron chi connectivity index (χ1n) is 11.5. The zero-order valence-corrected chi connectivity index (χ0v) is 21.3. The number of rotatable bonds is 5. The van der Waals surface area contributed by atoms with Crippen molar-refractivity contribution < 1.29 is 13.2 Å². The van der Waals surface area contributed by atoms with Gasteiger partial charge in [-0.2, -0.15) is 9.30 Å². The number of carbonyl (C=O) groups is 1. The lowest BCUT2D eigenvalue weighted by atomic mass is 9.96. The van der Waals surface area contributed by atoms with E-state index in [1.165, 1.54) is 45.3 Å². The van der Waals surface area contributed by atoms with Crippen LogP contribution in [0.15, 0.2) is 46.3 Å². The van der Waals surface area contributed by atoms with Crippen molar-refractivity contribution in [3.8, 4) is 0 Å². The molecule has 1 saturated carbocycles. The molecule has 0 unspecified atom stereocenters. The molecule has 8 heteroatoms. The van der Waals surface area contributed by atoms with Gasteiger partial charge in [-0.1, -0.05) is 36.7 Å². The molecule has 0 aliphatic heterocycles. The summed E-state index contributed by atoms with van der Waals surface area (Å²) < 4.78 is 30.8. The Bertz CT molecular complexity index is 1350. The average Bonchev–Trinajstić information content (AvgIpc) is 3.16. The summed E-state index contributed by atoms with van der Waals surface area (Å²) in [6, 6.07) is 10.5. The fourth-order valence-corrected chi connectivity index (χ4v) is 7.19. The summed E-state index contributed by atoms with van der Waals surface area (Å²) in [4.78, 5) is 18.2. The van der Waals surface area contributed by atoms with E-state index in [-0.39, 0.29) is 16.8 Å². The molecule has 0 bridgehead atoms. The summed E-state index contributed by atoms with van der Waals surface area (Å²) in [5, 5.41) is 0. The molecule has 0 saturated heterocycles. The monoisotopic (exact) mass is 485 g/mol. The van der Waals surface area contributed by atoms with E-state index in [4.69, 9.17) is 0 Å². The van der Waals surface area contributed by atoms with Crippen molar-refractivity contribution >= 4 is 37.5 Å². The Morgan fingerprint density at radius 1 is 1.12 bits per heavy atom. The van der Waals surface area contributed by atoms with E-state index in [1.54, 1.807) is 19.2 Å². The van der Waals surface area contributed by atoms with Crippen molar-refractivity contribution in [3.05, 3.63) is 57.9 Å². The number of aryl methyl sites for hydroxylation is 3. The van der Waals surface area contributed by atoms with Crippen LogP contribution in [0.5, 0.6) is 0 Å². The molecule has 1 aromatic heterocycles. The SMILES string of the molecule is CCn1c(=NC(=O)c2ccc(S(=O)(=O)N(C)C3CCCCC3)cc2)sc2c(C)cc(C)cc21. The Morgan fingerprint density at radius 3 is 2.42 bits per heavy atom. The Labute approximate surface area is 199 Å². The van der Waals surface area contributed by atoms with Crippen LogP contribution in [-0.2, 0) is 16.6 Å². The highest BCUT2D eigenvalue weighted by molar-refractivity contribution is 7.89. The van der Waals surface area contributed by atoms with Crippen molar-refractivity contribution in [2.75, 3.05) is 7.05 Å². The van der Waals surface area contributed by atoms with Crippen LogP contribution in [0.2, 0.25) is 0 Å². The van der Waals surface area contributed by atoms with Crippen molar-refractivity contribution in [2.24, 2.45) is 4.99 Å². The van der Waals surface area contributed by atoms with Crippen LogP contribution in [0.1, 0.15) is 60.5 Å². The number of sulfonamides is 1. The van der Waals surface area contributed by atoms with E-state index in [1.807, 2.05) is 6.92 Å². The quantitative estimate of drug-likeness (QED) is 0.509. The van der Waals surface area contributed by atoms with Gasteiger partial charge in [0, 0.05) is 25.2 Å². The molecular formula is C25H31N3O3S2. The predicted octanol–water partition coefficient (Wildman–Crippen LogP) is 5.03. The number of hydrogen-bond acceptors (Lipinski definition) is 4. The minimum atomic E-state index is -3.59. The van der Waals surface area contributed by atoms with Gasteiger partial charge < -0.3 is 4.57 Å². The molecule has 1 fully saturated rings. The van der Waals surface area contributed by atoms with Gasteiger partial charge in [0.15, 0.2) is 4.80 Å². The van der Waals surface area contributed by atoms with Crippen LogP contribution >= 0.6 is 11.3 Å². The van der Waals surface area contributed by atoms with E-state index in [0.717, 1.165) is 35.9 Å². The third-order valence-corrected chi connectivity index (χ3v) is 9.65. The minimum absolute atomic E-state index is 0.0459. The van der Waals surface area contributed by atoms with E-state index in [9.17, 15) is 13.2 Å². The summed E-state index contributed by atoms with van der Waals surface area (Å²) in [6.07, 6.45) is 5.09. The maximum absolute atomic E-state index is 13.1. The molecule has 1 aliphatic carbocycles. The van der Waals surface area contributed by atoms with Gasteiger partial charge in [0.25, 0.3) is 5.91 Å². The van der Waals surface area contributed by atoms with Gasteiger partial charge in [-0.25, -0.2) is 8.42 Å². The summed E-state index contributed by atoms with van der Waals surface area (Å²) in [5.74, 6) is -0.372. The van der Waals surface area contributed by atoms with Crippen LogP contribution in [0, 0.1) is 13.8 Å². The topological polar surface area (TPSA) is 71.7 Å². The molecule has 1 aliphatic rings. The maximum atomic E-state index is 13.1. The molecule has 1 heterocycles. The number of aromatic nitrogens is 1. The van der Waals surface area contributed by atoms with Gasteiger partial charge >= 0.3 is 0 Å².